The number of hydrogen-bond donors (Lipinski definition) is 1. The summed E-state index contributed by atoms with van der Waals surface area (Å²) in [5.41, 5.74) is 0. The van der Waals surface area contributed by atoms with E-state index in [0.29, 0.717) is 6.42 Å². The molecule has 0 saturated carbocycles. The molecule has 88 valence electrons. The Hall–Kier alpha value is -0.640. The van der Waals surface area contributed by atoms with Crippen LogP contribution in [0.4, 0.5) is 0 Å². The maximum Gasteiger partial charge on any atom is 0.330 e. The van der Waals surface area contributed by atoms with E-state index in [-0.39, 0.29) is 12.1 Å². The number of carboxylic acid groups (broad SMARTS) is 1. The van der Waals surface area contributed by atoms with Crippen LogP contribution in [0, 0.1) is 5.92 Å². The minimum absolute atomic E-state index is 0.0275. The van der Waals surface area contributed by atoms with Crippen LogP contribution in [-0.4, -0.2) is 31.5 Å². The van der Waals surface area contributed by atoms with Gasteiger partial charge in [-0.15, -0.1) is 0 Å². The van der Waals surface area contributed by atoms with Gasteiger partial charge in [0.2, 0.25) is 0 Å². The van der Waals surface area contributed by atoms with E-state index in [1.165, 1.54) is 14.2 Å². The summed E-state index contributed by atoms with van der Waals surface area (Å²) in [5.74, 6) is -0.955. The average Bonchev–Trinajstić information content (AvgIpc) is 2.23. The van der Waals surface area contributed by atoms with Crippen LogP contribution in [0.15, 0.2) is 12.2 Å². The van der Waals surface area contributed by atoms with Crippen LogP contribution in [0.1, 0.15) is 13.3 Å². The van der Waals surface area contributed by atoms with E-state index < -0.39 is 13.6 Å². The van der Waals surface area contributed by atoms with E-state index in [4.69, 9.17) is 14.2 Å². The average molecular weight is 236 g/mol. The number of rotatable bonds is 7. The van der Waals surface area contributed by atoms with Gasteiger partial charge >= 0.3 is 13.6 Å². The summed E-state index contributed by atoms with van der Waals surface area (Å²) in [7, 11) is -0.293. The van der Waals surface area contributed by atoms with Gasteiger partial charge in [0.15, 0.2) is 0 Å². The highest BCUT2D eigenvalue weighted by Gasteiger charge is 2.20. The van der Waals surface area contributed by atoms with Crippen LogP contribution in [0.25, 0.3) is 0 Å². The molecule has 0 radical (unpaired) electrons. The zero-order valence-corrected chi connectivity index (χ0v) is 10.1. The predicted molar refractivity (Wildman–Crippen MR) is 57.0 cm³/mol. The zero-order chi connectivity index (χ0) is 11.9. The molecule has 0 aromatic heterocycles. The molecule has 1 atom stereocenters. The Kier molecular flexibility index (Phi) is 6.48. The molecular formula is C9H17O5P. The Balaban J connectivity index is 4.05. The SMILES string of the molecule is COP(=O)(CCC(C)C=CC(=O)O)OC. The van der Waals surface area contributed by atoms with Crippen molar-refractivity contribution in [2.24, 2.45) is 5.92 Å². The van der Waals surface area contributed by atoms with Crippen LogP contribution in [0.3, 0.4) is 0 Å². The van der Waals surface area contributed by atoms with E-state index in [2.05, 4.69) is 0 Å². The van der Waals surface area contributed by atoms with Gasteiger partial charge in [-0.2, -0.15) is 0 Å². The summed E-state index contributed by atoms with van der Waals surface area (Å²) in [6.45, 7) is 1.84. The van der Waals surface area contributed by atoms with Crippen LogP contribution >= 0.6 is 7.60 Å². The van der Waals surface area contributed by atoms with Crippen molar-refractivity contribution in [3.05, 3.63) is 12.2 Å². The lowest BCUT2D eigenvalue weighted by Gasteiger charge is -2.14. The highest BCUT2D eigenvalue weighted by atomic mass is 31.2. The van der Waals surface area contributed by atoms with Gasteiger partial charge in [0.25, 0.3) is 0 Å². The number of carboxylic acids is 1. The van der Waals surface area contributed by atoms with Gasteiger partial charge < -0.3 is 14.2 Å². The fraction of sp³-hybridized carbons (Fsp3) is 0.667. The fourth-order valence-corrected chi connectivity index (χ4v) is 2.20. The lowest BCUT2D eigenvalue weighted by atomic mass is 10.1. The van der Waals surface area contributed by atoms with Crippen molar-refractivity contribution in [1.29, 1.82) is 0 Å². The maximum atomic E-state index is 11.6. The predicted octanol–water partition coefficient (Wildman–Crippen LogP) is 2.14. The topological polar surface area (TPSA) is 72.8 Å². The molecule has 0 aliphatic rings. The molecule has 0 aromatic carbocycles. The van der Waals surface area contributed by atoms with E-state index >= 15 is 0 Å². The van der Waals surface area contributed by atoms with Crippen molar-refractivity contribution in [2.75, 3.05) is 20.4 Å². The summed E-state index contributed by atoms with van der Waals surface area (Å²) in [6.07, 6.45) is 3.47. The van der Waals surface area contributed by atoms with Gasteiger partial charge in [-0.1, -0.05) is 13.0 Å². The Morgan fingerprint density at radius 2 is 2.00 bits per heavy atom. The third-order valence-corrected chi connectivity index (χ3v) is 3.90. The number of hydrogen-bond acceptors (Lipinski definition) is 4. The second-order valence-electron chi connectivity index (χ2n) is 3.16. The van der Waals surface area contributed by atoms with Crippen molar-refractivity contribution in [3.63, 3.8) is 0 Å². The minimum Gasteiger partial charge on any atom is -0.478 e. The van der Waals surface area contributed by atoms with Crippen molar-refractivity contribution in [2.45, 2.75) is 13.3 Å². The van der Waals surface area contributed by atoms with Gasteiger partial charge in [0.05, 0.1) is 6.16 Å². The summed E-state index contributed by atoms with van der Waals surface area (Å²) >= 11 is 0. The number of aliphatic carboxylic acids is 1. The highest BCUT2D eigenvalue weighted by molar-refractivity contribution is 7.53. The summed E-state index contributed by atoms with van der Waals surface area (Å²) in [5, 5.41) is 8.39. The van der Waals surface area contributed by atoms with E-state index in [9.17, 15) is 9.36 Å². The van der Waals surface area contributed by atoms with Crippen LogP contribution in [-0.2, 0) is 18.4 Å². The van der Waals surface area contributed by atoms with Gasteiger partial charge in [-0.3, -0.25) is 4.57 Å². The quantitative estimate of drug-likeness (QED) is 0.541. The van der Waals surface area contributed by atoms with Crippen LogP contribution in [0.2, 0.25) is 0 Å². The van der Waals surface area contributed by atoms with Crippen molar-refractivity contribution in [3.8, 4) is 0 Å². The standard InChI is InChI=1S/C9H17O5P/c1-8(4-5-9(10)11)6-7-15(12,13-2)14-3/h4-5,8H,6-7H2,1-3H3,(H,10,11). The molecule has 1 N–H and O–H groups in total. The number of allylic oxidation sites excluding steroid dienone is 1. The zero-order valence-electron chi connectivity index (χ0n) is 9.17. The van der Waals surface area contributed by atoms with Crippen LogP contribution in [0.5, 0.6) is 0 Å². The Bertz CT molecular complexity index is 266. The molecule has 0 heterocycles. The third kappa shape index (κ3) is 6.44. The van der Waals surface area contributed by atoms with Gasteiger partial charge in [0, 0.05) is 20.3 Å². The Morgan fingerprint density at radius 3 is 2.40 bits per heavy atom. The largest absolute Gasteiger partial charge is 0.478 e. The first-order chi connectivity index (χ1) is 6.93. The summed E-state index contributed by atoms with van der Waals surface area (Å²) in [6, 6.07) is 0. The highest BCUT2D eigenvalue weighted by Crippen LogP contribution is 2.47. The molecule has 0 fully saturated rings. The van der Waals surface area contributed by atoms with Gasteiger partial charge in [-0.05, 0) is 12.3 Å². The molecule has 5 nitrogen and oxygen atoms in total. The minimum atomic E-state index is -2.96. The molecule has 0 aliphatic carbocycles. The third-order valence-electron chi connectivity index (χ3n) is 1.98. The van der Waals surface area contributed by atoms with Gasteiger partial charge in [-0.25, -0.2) is 4.79 Å². The lowest BCUT2D eigenvalue weighted by Crippen LogP contribution is -2.00. The van der Waals surface area contributed by atoms with Crippen LogP contribution < -0.4 is 0 Å². The first kappa shape index (κ1) is 14.4. The molecule has 0 bridgehead atoms. The van der Waals surface area contributed by atoms with E-state index in [0.717, 1.165) is 6.08 Å². The summed E-state index contributed by atoms with van der Waals surface area (Å²) in [4.78, 5) is 10.2. The number of carbonyl (C=O) groups is 1. The Morgan fingerprint density at radius 1 is 1.47 bits per heavy atom. The van der Waals surface area contributed by atoms with Crippen molar-refractivity contribution < 1.29 is 23.5 Å². The monoisotopic (exact) mass is 236 g/mol. The molecule has 0 rings (SSSR count). The first-order valence-electron chi connectivity index (χ1n) is 4.55. The second kappa shape index (κ2) is 6.77. The lowest BCUT2D eigenvalue weighted by molar-refractivity contribution is -0.131. The van der Waals surface area contributed by atoms with Crippen molar-refractivity contribution >= 4 is 13.6 Å². The Labute approximate surface area is 89.6 Å². The molecule has 1 unspecified atom stereocenters. The maximum absolute atomic E-state index is 11.6. The summed E-state index contributed by atoms with van der Waals surface area (Å²) < 4.78 is 21.1. The normalized spacial score (nSPS) is 14.3. The molecule has 0 saturated heterocycles. The molecule has 6 heteroatoms. The fourth-order valence-electron chi connectivity index (χ4n) is 0.962. The molecule has 0 aliphatic heterocycles. The molecule has 0 amide bonds. The molecular weight excluding hydrogens is 219 g/mol. The van der Waals surface area contributed by atoms with Crippen molar-refractivity contribution in [1.82, 2.24) is 0 Å². The van der Waals surface area contributed by atoms with Gasteiger partial charge in [0.1, 0.15) is 0 Å². The van der Waals surface area contributed by atoms with E-state index in [1.807, 2.05) is 6.92 Å². The molecule has 15 heavy (non-hydrogen) atoms. The first-order valence-corrected chi connectivity index (χ1v) is 6.28. The molecule has 0 aromatic rings. The smallest absolute Gasteiger partial charge is 0.330 e. The second-order valence-corrected chi connectivity index (χ2v) is 5.56. The molecule has 0 spiro atoms. The van der Waals surface area contributed by atoms with E-state index in [1.54, 1.807) is 6.08 Å².